The molecule has 0 aliphatic heterocycles. The summed E-state index contributed by atoms with van der Waals surface area (Å²) < 4.78 is 0. The Labute approximate surface area is 84.1 Å². The highest BCUT2D eigenvalue weighted by molar-refractivity contribution is 5.13. The molecule has 2 rings (SSSR count). The van der Waals surface area contributed by atoms with Gasteiger partial charge in [0.1, 0.15) is 0 Å². The molecule has 2 aliphatic rings. The monoisotopic (exact) mass is 198 g/mol. The number of rotatable bonds is 4. The molecule has 1 saturated carbocycles. The second-order valence-corrected chi connectivity index (χ2v) is 4.50. The van der Waals surface area contributed by atoms with Gasteiger partial charge in [0.15, 0.2) is 6.29 Å². The summed E-state index contributed by atoms with van der Waals surface area (Å²) in [6, 6.07) is 0. The van der Waals surface area contributed by atoms with Crippen molar-refractivity contribution in [1.29, 1.82) is 0 Å². The molecule has 4 unspecified atom stereocenters. The zero-order valence-corrected chi connectivity index (χ0v) is 8.21. The summed E-state index contributed by atoms with van der Waals surface area (Å²) in [5.74, 6) is 1.89. The average molecular weight is 198 g/mol. The van der Waals surface area contributed by atoms with Gasteiger partial charge in [-0.05, 0) is 36.5 Å². The fraction of sp³-hybridized carbons (Fsp3) is 0.818. The van der Waals surface area contributed by atoms with Crippen LogP contribution in [0.2, 0.25) is 0 Å². The first-order valence-electron chi connectivity index (χ1n) is 5.37. The van der Waals surface area contributed by atoms with Crippen molar-refractivity contribution in [2.75, 3.05) is 6.61 Å². The number of aliphatic hydroxyl groups excluding tert-OH is 2. The fourth-order valence-corrected chi connectivity index (χ4v) is 3.20. The minimum atomic E-state index is -1.20. The second kappa shape index (κ2) is 4.01. The van der Waals surface area contributed by atoms with Gasteiger partial charge in [0, 0.05) is 13.0 Å². The summed E-state index contributed by atoms with van der Waals surface area (Å²) >= 11 is 0. The molecule has 2 aliphatic carbocycles. The van der Waals surface area contributed by atoms with Crippen LogP contribution in [0.3, 0.4) is 0 Å². The molecular weight excluding hydrogens is 180 g/mol. The normalized spacial score (nSPS) is 40.0. The maximum Gasteiger partial charge on any atom is 0.151 e. The van der Waals surface area contributed by atoms with Gasteiger partial charge in [-0.2, -0.15) is 0 Å². The average Bonchev–Trinajstić information content (AvgIpc) is 2.68. The highest BCUT2D eigenvalue weighted by atomic mass is 16.5. The Morgan fingerprint density at radius 3 is 2.36 bits per heavy atom. The molecule has 2 bridgehead atoms. The Morgan fingerprint density at radius 2 is 1.79 bits per heavy atom. The molecule has 0 spiro atoms. The van der Waals surface area contributed by atoms with Gasteiger partial charge in [0.25, 0.3) is 0 Å². The highest BCUT2D eigenvalue weighted by Gasteiger charge is 2.44. The van der Waals surface area contributed by atoms with Gasteiger partial charge in [-0.15, -0.1) is 0 Å². The van der Waals surface area contributed by atoms with E-state index in [0.717, 1.165) is 12.8 Å². The summed E-state index contributed by atoms with van der Waals surface area (Å²) in [6.07, 6.45) is 5.62. The van der Waals surface area contributed by atoms with Crippen molar-refractivity contribution in [1.82, 2.24) is 0 Å². The first kappa shape index (κ1) is 10.1. The number of aliphatic hydroxyl groups is 3. The molecule has 0 amide bonds. The van der Waals surface area contributed by atoms with Gasteiger partial charge in [-0.3, -0.25) is 0 Å². The third kappa shape index (κ3) is 1.72. The van der Waals surface area contributed by atoms with Gasteiger partial charge in [-0.25, -0.2) is 0 Å². The van der Waals surface area contributed by atoms with E-state index < -0.39 is 6.29 Å². The molecule has 3 heteroatoms. The van der Waals surface area contributed by atoms with Gasteiger partial charge >= 0.3 is 0 Å². The molecule has 0 heterocycles. The van der Waals surface area contributed by atoms with E-state index in [1.807, 2.05) is 0 Å². The molecule has 0 radical (unpaired) electrons. The Morgan fingerprint density at radius 1 is 1.14 bits per heavy atom. The molecule has 4 atom stereocenters. The molecule has 80 valence electrons. The molecule has 14 heavy (non-hydrogen) atoms. The lowest BCUT2D eigenvalue weighted by molar-refractivity contribution is -0.0636. The van der Waals surface area contributed by atoms with Crippen LogP contribution in [-0.4, -0.2) is 28.2 Å². The van der Waals surface area contributed by atoms with E-state index >= 15 is 0 Å². The molecule has 3 nitrogen and oxygen atoms in total. The minimum Gasteiger partial charge on any atom is -0.396 e. The maximum absolute atomic E-state index is 9.00. The SMILES string of the molecule is OCCC1C2C=CC(C2)C1CC(O)O. The van der Waals surface area contributed by atoms with E-state index in [0.29, 0.717) is 30.1 Å². The molecular formula is C11H18O3. The molecule has 0 aromatic heterocycles. The van der Waals surface area contributed by atoms with Crippen molar-refractivity contribution >= 4 is 0 Å². The van der Waals surface area contributed by atoms with Crippen LogP contribution in [0.1, 0.15) is 19.3 Å². The van der Waals surface area contributed by atoms with Crippen LogP contribution in [0, 0.1) is 23.7 Å². The van der Waals surface area contributed by atoms with Crippen LogP contribution in [0.4, 0.5) is 0 Å². The zero-order chi connectivity index (χ0) is 10.1. The molecule has 0 aromatic rings. The summed E-state index contributed by atoms with van der Waals surface area (Å²) in [4.78, 5) is 0. The van der Waals surface area contributed by atoms with Crippen LogP contribution in [0.5, 0.6) is 0 Å². The molecule has 0 aromatic carbocycles. The van der Waals surface area contributed by atoms with Crippen LogP contribution in [0.15, 0.2) is 12.2 Å². The van der Waals surface area contributed by atoms with Crippen molar-refractivity contribution in [3.63, 3.8) is 0 Å². The highest BCUT2D eigenvalue weighted by Crippen LogP contribution is 2.50. The van der Waals surface area contributed by atoms with Crippen molar-refractivity contribution in [2.45, 2.75) is 25.6 Å². The number of hydrogen-bond donors (Lipinski definition) is 3. The van der Waals surface area contributed by atoms with Crippen molar-refractivity contribution in [2.24, 2.45) is 23.7 Å². The van der Waals surface area contributed by atoms with Gasteiger partial charge in [0.05, 0.1) is 0 Å². The fourth-order valence-electron chi connectivity index (χ4n) is 3.20. The lowest BCUT2D eigenvalue weighted by atomic mass is 9.79. The Bertz CT molecular complexity index is 225. The van der Waals surface area contributed by atoms with Crippen molar-refractivity contribution in [3.05, 3.63) is 12.2 Å². The van der Waals surface area contributed by atoms with Gasteiger partial charge in [-0.1, -0.05) is 12.2 Å². The third-order valence-electron chi connectivity index (χ3n) is 3.75. The van der Waals surface area contributed by atoms with Crippen LogP contribution < -0.4 is 0 Å². The smallest absolute Gasteiger partial charge is 0.151 e. The molecule has 1 fully saturated rings. The van der Waals surface area contributed by atoms with Crippen LogP contribution >= 0.6 is 0 Å². The predicted octanol–water partition coefficient (Wildman–Crippen LogP) is 0.508. The summed E-state index contributed by atoms with van der Waals surface area (Å²) in [5.41, 5.74) is 0. The largest absolute Gasteiger partial charge is 0.396 e. The summed E-state index contributed by atoms with van der Waals surface area (Å²) in [5, 5.41) is 26.9. The van der Waals surface area contributed by atoms with Gasteiger partial charge in [0.2, 0.25) is 0 Å². The maximum atomic E-state index is 9.00. The van der Waals surface area contributed by atoms with Gasteiger partial charge < -0.3 is 15.3 Å². The standard InChI is InChI=1S/C11H18O3/c12-4-3-9-7-1-2-8(5-7)10(9)6-11(13)14/h1-2,7-14H,3-6H2. The van der Waals surface area contributed by atoms with E-state index in [1.54, 1.807) is 0 Å². The molecule has 0 saturated heterocycles. The second-order valence-electron chi connectivity index (χ2n) is 4.50. The van der Waals surface area contributed by atoms with E-state index in [-0.39, 0.29) is 6.61 Å². The first-order chi connectivity index (χ1) is 6.72. The Hall–Kier alpha value is -0.380. The van der Waals surface area contributed by atoms with E-state index in [9.17, 15) is 0 Å². The number of fused-ring (bicyclic) bond motifs is 2. The lowest BCUT2D eigenvalue weighted by Gasteiger charge is -2.28. The van der Waals surface area contributed by atoms with E-state index in [4.69, 9.17) is 15.3 Å². The quantitative estimate of drug-likeness (QED) is 0.455. The van der Waals surface area contributed by atoms with E-state index in [2.05, 4.69) is 12.2 Å². The zero-order valence-electron chi connectivity index (χ0n) is 8.21. The first-order valence-corrected chi connectivity index (χ1v) is 5.37. The van der Waals surface area contributed by atoms with E-state index in [1.165, 1.54) is 0 Å². The minimum absolute atomic E-state index is 0.208. The topological polar surface area (TPSA) is 60.7 Å². The van der Waals surface area contributed by atoms with Crippen molar-refractivity contribution < 1.29 is 15.3 Å². The predicted molar refractivity (Wildman–Crippen MR) is 52.3 cm³/mol. The number of hydrogen-bond acceptors (Lipinski definition) is 3. The van der Waals surface area contributed by atoms with Crippen LogP contribution in [0.25, 0.3) is 0 Å². The Kier molecular flexibility index (Phi) is 2.91. The summed E-state index contributed by atoms with van der Waals surface area (Å²) in [6.45, 7) is 0.208. The Balaban J connectivity index is 2.02. The lowest BCUT2D eigenvalue weighted by Crippen LogP contribution is -2.25. The van der Waals surface area contributed by atoms with Crippen molar-refractivity contribution in [3.8, 4) is 0 Å². The summed E-state index contributed by atoms with van der Waals surface area (Å²) in [7, 11) is 0. The molecule has 3 N–H and O–H groups in total. The van der Waals surface area contributed by atoms with Crippen LogP contribution in [-0.2, 0) is 0 Å². The number of allylic oxidation sites excluding steroid dienone is 2. The third-order valence-corrected chi connectivity index (χ3v) is 3.75.